The zero-order valence-electron chi connectivity index (χ0n) is 16.9. The summed E-state index contributed by atoms with van der Waals surface area (Å²) in [5.74, 6) is 0.776. The van der Waals surface area contributed by atoms with Crippen molar-refractivity contribution in [3.05, 3.63) is 48.5 Å². The van der Waals surface area contributed by atoms with E-state index in [4.69, 9.17) is 26.4 Å². The summed E-state index contributed by atoms with van der Waals surface area (Å²) in [6, 6.07) is 13.0. The monoisotopic (exact) mass is 465 g/mol. The Morgan fingerprint density at radius 1 is 1.06 bits per heavy atom. The Balaban J connectivity index is 1.49. The molecule has 166 valence electrons. The third kappa shape index (κ3) is 6.37. The van der Waals surface area contributed by atoms with Crippen LogP contribution in [-0.4, -0.2) is 63.8 Å². The first-order valence-corrected chi connectivity index (χ1v) is 11.3. The van der Waals surface area contributed by atoms with Crippen LogP contribution in [0.25, 0.3) is 0 Å². The molecule has 1 aliphatic heterocycles. The molecule has 0 radical (unpaired) electrons. The van der Waals surface area contributed by atoms with Gasteiger partial charge in [0.1, 0.15) is 11.5 Å². The molecule has 1 fully saturated rings. The van der Waals surface area contributed by atoms with E-state index in [0.717, 1.165) is 0 Å². The Kier molecular flexibility index (Phi) is 7.80. The highest BCUT2D eigenvalue weighted by molar-refractivity contribution is 7.89. The van der Waals surface area contributed by atoms with Crippen LogP contribution >= 0.6 is 12.2 Å². The maximum absolute atomic E-state index is 12.6. The normalized spacial score (nSPS) is 14.5. The van der Waals surface area contributed by atoms with E-state index in [0.29, 0.717) is 43.5 Å². The molecule has 0 aromatic heterocycles. The molecular weight excluding hydrogens is 442 g/mol. The highest BCUT2D eigenvalue weighted by Gasteiger charge is 2.26. The number of amides is 1. The number of rotatable bonds is 7. The molecule has 0 aliphatic carbocycles. The molecule has 1 saturated heterocycles. The van der Waals surface area contributed by atoms with Crippen molar-refractivity contribution < 1.29 is 27.4 Å². The number of hydrogen-bond acceptors (Lipinski definition) is 7. The van der Waals surface area contributed by atoms with Gasteiger partial charge in [-0.15, -0.1) is 0 Å². The molecule has 0 bridgehead atoms. The lowest BCUT2D eigenvalue weighted by molar-refractivity contribution is -0.121. The van der Waals surface area contributed by atoms with Crippen molar-refractivity contribution in [3.8, 4) is 11.5 Å². The molecule has 3 rings (SSSR count). The van der Waals surface area contributed by atoms with Gasteiger partial charge in [-0.1, -0.05) is 0 Å². The minimum Gasteiger partial charge on any atom is -0.497 e. The number of thiocarbonyl (C=S) groups is 1. The second-order valence-corrected chi connectivity index (χ2v) is 8.85. The molecule has 11 heteroatoms. The number of hydrogen-bond donors (Lipinski definition) is 2. The van der Waals surface area contributed by atoms with Crippen molar-refractivity contribution in [1.82, 2.24) is 9.62 Å². The van der Waals surface area contributed by atoms with Gasteiger partial charge < -0.3 is 19.5 Å². The number of benzene rings is 2. The number of ether oxygens (including phenoxy) is 3. The molecule has 0 atom stereocenters. The molecule has 1 aliphatic rings. The van der Waals surface area contributed by atoms with Crippen molar-refractivity contribution in [2.45, 2.75) is 4.90 Å². The summed E-state index contributed by atoms with van der Waals surface area (Å²) in [5.41, 5.74) is 0.544. The van der Waals surface area contributed by atoms with Crippen LogP contribution in [0.1, 0.15) is 0 Å². The smallest absolute Gasteiger partial charge is 0.264 e. The molecule has 0 saturated carbocycles. The Morgan fingerprint density at radius 3 is 2.29 bits per heavy atom. The van der Waals surface area contributed by atoms with E-state index in [1.807, 2.05) is 0 Å². The fraction of sp³-hybridized carbons (Fsp3) is 0.300. The summed E-state index contributed by atoms with van der Waals surface area (Å²) in [6.45, 7) is 1.21. The van der Waals surface area contributed by atoms with E-state index >= 15 is 0 Å². The second-order valence-electron chi connectivity index (χ2n) is 6.51. The predicted octanol–water partition coefficient (Wildman–Crippen LogP) is 1.61. The second kappa shape index (κ2) is 10.5. The molecule has 9 nitrogen and oxygen atoms in total. The average Bonchev–Trinajstić information content (AvgIpc) is 2.79. The largest absolute Gasteiger partial charge is 0.497 e. The van der Waals surface area contributed by atoms with Crippen molar-refractivity contribution in [2.24, 2.45) is 0 Å². The van der Waals surface area contributed by atoms with E-state index < -0.39 is 15.9 Å². The van der Waals surface area contributed by atoms with Gasteiger partial charge in [0.05, 0.1) is 25.2 Å². The maximum atomic E-state index is 12.6. The number of anilines is 1. The fourth-order valence-electron chi connectivity index (χ4n) is 2.79. The lowest BCUT2D eigenvalue weighted by Crippen LogP contribution is -2.40. The van der Waals surface area contributed by atoms with Crippen LogP contribution in [0.4, 0.5) is 5.69 Å². The Morgan fingerprint density at radius 2 is 1.68 bits per heavy atom. The average molecular weight is 466 g/mol. The predicted molar refractivity (Wildman–Crippen MR) is 119 cm³/mol. The van der Waals surface area contributed by atoms with Crippen LogP contribution in [0.3, 0.4) is 0 Å². The van der Waals surface area contributed by atoms with Crippen molar-refractivity contribution in [3.63, 3.8) is 0 Å². The highest BCUT2D eigenvalue weighted by Crippen LogP contribution is 2.19. The fourth-order valence-corrected chi connectivity index (χ4v) is 4.43. The van der Waals surface area contributed by atoms with Gasteiger partial charge in [-0.05, 0) is 60.7 Å². The standard InChI is InChI=1S/C20H23N3O6S2/c1-27-16-4-6-17(7-5-16)29-14-19(24)22-20(30)21-15-2-8-18(9-3-15)31(25,26)23-10-12-28-13-11-23/h2-9H,10-14H2,1H3,(H2,21,22,24,30). The van der Waals surface area contributed by atoms with Gasteiger partial charge in [0.25, 0.3) is 5.91 Å². The van der Waals surface area contributed by atoms with Crippen LogP contribution in [0.2, 0.25) is 0 Å². The minimum absolute atomic E-state index is 0.0760. The zero-order chi connectivity index (χ0) is 22.3. The number of carbonyl (C=O) groups excluding carboxylic acids is 1. The summed E-state index contributed by atoms with van der Waals surface area (Å²) in [7, 11) is -2.00. The lowest BCUT2D eigenvalue weighted by Gasteiger charge is -2.26. The van der Waals surface area contributed by atoms with Gasteiger partial charge in [-0.25, -0.2) is 8.42 Å². The molecule has 0 unspecified atom stereocenters. The topological polar surface area (TPSA) is 106 Å². The number of nitrogens with one attached hydrogen (secondary N) is 2. The van der Waals surface area contributed by atoms with E-state index in [-0.39, 0.29) is 16.6 Å². The summed E-state index contributed by atoms with van der Waals surface area (Å²) in [6.07, 6.45) is 0. The SMILES string of the molecule is COc1ccc(OCC(=O)NC(=S)Nc2ccc(S(=O)(=O)N3CCOCC3)cc2)cc1. The van der Waals surface area contributed by atoms with E-state index in [1.165, 1.54) is 16.4 Å². The van der Waals surface area contributed by atoms with Crippen LogP contribution in [0, 0.1) is 0 Å². The summed E-state index contributed by atoms with van der Waals surface area (Å²) < 4.78 is 42.3. The van der Waals surface area contributed by atoms with Crippen LogP contribution in [0.15, 0.2) is 53.4 Å². The molecule has 2 aromatic carbocycles. The quantitative estimate of drug-likeness (QED) is 0.594. The van der Waals surface area contributed by atoms with Gasteiger partial charge in [0.15, 0.2) is 11.7 Å². The number of morpholine rings is 1. The van der Waals surface area contributed by atoms with Gasteiger partial charge in [-0.2, -0.15) is 4.31 Å². The first-order chi connectivity index (χ1) is 14.9. The van der Waals surface area contributed by atoms with Crippen molar-refractivity contribution in [2.75, 3.05) is 45.3 Å². The van der Waals surface area contributed by atoms with Gasteiger partial charge >= 0.3 is 0 Å². The lowest BCUT2D eigenvalue weighted by atomic mass is 10.3. The zero-order valence-corrected chi connectivity index (χ0v) is 18.5. The minimum atomic E-state index is -3.57. The Labute approximate surface area is 186 Å². The number of carbonyl (C=O) groups is 1. The van der Waals surface area contributed by atoms with Crippen LogP contribution in [-0.2, 0) is 19.6 Å². The van der Waals surface area contributed by atoms with E-state index in [2.05, 4.69) is 10.6 Å². The van der Waals surface area contributed by atoms with Gasteiger partial charge in [0.2, 0.25) is 10.0 Å². The summed E-state index contributed by atoms with van der Waals surface area (Å²) in [5, 5.41) is 5.43. The summed E-state index contributed by atoms with van der Waals surface area (Å²) in [4.78, 5) is 12.2. The van der Waals surface area contributed by atoms with Crippen LogP contribution in [0.5, 0.6) is 11.5 Å². The molecule has 31 heavy (non-hydrogen) atoms. The number of methoxy groups -OCH3 is 1. The van der Waals surface area contributed by atoms with E-state index in [9.17, 15) is 13.2 Å². The highest BCUT2D eigenvalue weighted by atomic mass is 32.2. The molecule has 2 N–H and O–H groups in total. The van der Waals surface area contributed by atoms with Gasteiger partial charge in [-0.3, -0.25) is 10.1 Å². The molecule has 2 aromatic rings. The number of sulfonamides is 1. The Hall–Kier alpha value is -2.73. The Bertz CT molecular complexity index is 1000. The van der Waals surface area contributed by atoms with Crippen LogP contribution < -0.4 is 20.1 Å². The molecule has 0 spiro atoms. The van der Waals surface area contributed by atoms with Gasteiger partial charge in [0, 0.05) is 18.8 Å². The molecular formula is C20H23N3O6S2. The summed E-state index contributed by atoms with van der Waals surface area (Å²) >= 11 is 5.13. The molecule has 1 amide bonds. The third-order valence-electron chi connectivity index (χ3n) is 4.40. The first-order valence-electron chi connectivity index (χ1n) is 9.44. The molecule has 1 heterocycles. The maximum Gasteiger partial charge on any atom is 0.264 e. The van der Waals surface area contributed by atoms with Crippen molar-refractivity contribution >= 4 is 38.9 Å². The number of nitrogens with zero attached hydrogens (tertiary/aromatic N) is 1. The van der Waals surface area contributed by atoms with E-state index in [1.54, 1.807) is 43.5 Å². The first kappa shape index (κ1) is 22.9. The third-order valence-corrected chi connectivity index (χ3v) is 6.52. The van der Waals surface area contributed by atoms with Crippen molar-refractivity contribution in [1.29, 1.82) is 0 Å².